The quantitative estimate of drug-likeness (QED) is 0.759. The molecular formula is C17H17N3O2S2. The smallest absolute Gasteiger partial charge is 0.241 e. The van der Waals surface area contributed by atoms with E-state index in [0.29, 0.717) is 21.8 Å². The summed E-state index contributed by atoms with van der Waals surface area (Å²) in [7, 11) is -3.61. The SMILES string of the molecule is Cc1ccc(C)c(S(=O)(=O)NCc2nccnc2-c2ccsc2)c1. The van der Waals surface area contributed by atoms with Crippen LogP contribution in [-0.4, -0.2) is 18.4 Å². The lowest BCUT2D eigenvalue weighted by Gasteiger charge is -2.11. The molecule has 0 fully saturated rings. The van der Waals surface area contributed by atoms with E-state index in [-0.39, 0.29) is 6.54 Å². The molecule has 0 bridgehead atoms. The van der Waals surface area contributed by atoms with Gasteiger partial charge >= 0.3 is 0 Å². The number of aryl methyl sites for hydroxylation is 2. The summed E-state index contributed by atoms with van der Waals surface area (Å²) in [5.74, 6) is 0. The van der Waals surface area contributed by atoms with Crippen molar-refractivity contribution in [2.75, 3.05) is 0 Å². The van der Waals surface area contributed by atoms with Gasteiger partial charge in [0.25, 0.3) is 0 Å². The van der Waals surface area contributed by atoms with Gasteiger partial charge in [-0.3, -0.25) is 9.97 Å². The Morgan fingerprint density at radius 3 is 2.67 bits per heavy atom. The first-order chi connectivity index (χ1) is 11.5. The van der Waals surface area contributed by atoms with Crippen LogP contribution in [0, 0.1) is 13.8 Å². The molecule has 24 heavy (non-hydrogen) atoms. The number of rotatable bonds is 5. The number of benzene rings is 1. The van der Waals surface area contributed by atoms with E-state index in [1.807, 2.05) is 35.9 Å². The van der Waals surface area contributed by atoms with E-state index < -0.39 is 10.0 Å². The Bertz CT molecular complexity index is 952. The number of hydrogen-bond acceptors (Lipinski definition) is 5. The van der Waals surface area contributed by atoms with Gasteiger partial charge in [-0.05, 0) is 42.5 Å². The molecule has 0 atom stereocenters. The molecule has 0 saturated carbocycles. The molecule has 5 nitrogen and oxygen atoms in total. The minimum Gasteiger partial charge on any atom is -0.256 e. The molecule has 2 heterocycles. The fourth-order valence-electron chi connectivity index (χ4n) is 2.37. The second-order valence-corrected chi connectivity index (χ2v) is 7.97. The number of nitrogens with zero attached hydrogens (tertiary/aromatic N) is 2. The highest BCUT2D eigenvalue weighted by Crippen LogP contribution is 2.23. The number of aromatic nitrogens is 2. The third-order valence-electron chi connectivity index (χ3n) is 3.63. The van der Waals surface area contributed by atoms with Crippen molar-refractivity contribution in [3.63, 3.8) is 0 Å². The Morgan fingerprint density at radius 1 is 1.12 bits per heavy atom. The molecule has 0 aliphatic rings. The van der Waals surface area contributed by atoms with Crippen LogP contribution in [-0.2, 0) is 16.6 Å². The van der Waals surface area contributed by atoms with Crippen LogP contribution in [0.15, 0.2) is 52.3 Å². The molecule has 7 heteroatoms. The van der Waals surface area contributed by atoms with Crippen molar-refractivity contribution in [2.24, 2.45) is 0 Å². The predicted molar refractivity (Wildman–Crippen MR) is 95.3 cm³/mol. The van der Waals surface area contributed by atoms with Crippen LogP contribution in [0.5, 0.6) is 0 Å². The summed E-state index contributed by atoms with van der Waals surface area (Å²) in [6, 6.07) is 7.32. The first-order valence-electron chi connectivity index (χ1n) is 7.37. The fraction of sp³-hybridized carbons (Fsp3) is 0.176. The summed E-state index contributed by atoms with van der Waals surface area (Å²) in [5.41, 5.74) is 3.85. The van der Waals surface area contributed by atoms with E-state index in [2.05, 4.69) is 14.7 Å². The van der Waals surface area contributed by atoms with Crippen LogP contribution >= 0.6 is 11.3 Å². The van der Waals surface area contributed by atoms with Crippen molar-refractivity contribution in [3.05, 3.63) is 64.2 Å². The van der Waals surface area contributed by atoms with Gasteiger partial charge in [0, 0.05) is 23.3 Å². The van der Waals surface area contributed by atoms with E-state index in [1.165, 1.54) is 0 Å². The van der Waals surface area contributed by atoms with Crippen LogP contribution in [0.4, 0.5) is 0 Å². The van der Waals surface area contributed by atoms with Gasteiger partial charge < -0.3 is 0 Å². The maximum Gasteiger partial charge on any atom is 0.241 e. The Morgan fingerprint density at radius 2 is 1.92 bits per heavy atom. The Labute approximate surface area is 145 Å². The lowest BCUT2D eigenvalue weighted by atomic mass is 10.2. The molecule has 0 aliphatic carbocycles. The molecule has 0 saturated heterocycles. The molecular weight excluding hydrogens is 342 g/mol. The van der Waals surface area contributed by atoms with Crippen LogP contribution in [0.2, 0.25) is 0 Å². The van der Waals surface area contributed by atoms with Gasteiger partial charge in [0.1, 0.15) is 0 Å². The van der Waals surface area contributed by atoms with E-state index in [0.717, 1.165) is 11.1 Å². The van der Waals surface area contributed by atoms with Gasteiger partial charge in [-0.1, -0.05) is 12.1 Å². The molecule has 1 N–H and O–H groups in total. The fourth-order valence-corrected chi connectivity index (χ4v) is 4.33. The summed E-state index contributed by atoms with van der Waals surface area (Å²) in [5, 5.41) is 3.92. The largest absolute Gasteiger partial charge is 0.256 e. The average molecular weight is 359 g/mol. The zero-order valence-electron chi connectivity index (χ0n) is 13.4. The molecule has 3 aromatic rings. The van der Waals surface area contributed by atoms with E-state index in [1.54, 1.807) is 36.7 Å². The molecule has 2 aromatic heterocycles. The second-order valence-electron chi connectivity index (χ2n) is 5.46. The van der Waals surface area contributed by atoms with E-state index >= 15 is 0 Å². The molecule has 0 spiro atoms. The number of thiophene rings is 1. The lowest BCUT2D eigenvalue weighted by Crippen LogP contribution is -2.25. The van der Waals surface area contributed by atoms with Crippen molar-refractivity contribution in [3.8, 4) is 11.3 Å². The van der Waals surface area contributed by atoms with Crippen molar-refractivity contribution >= 4 is 21.4 Å². The van der Waals surface area contributed by atoms with E-state index in [4.69, 9.17) is 0 Å². The predicted octanol–water partition coefficient (Wildman–Crippen LogP) is 3.30. The molecule has 3 rings (SSSR count). The highest BCUT2D eigenvalue weighted by atomic mass is 32.2. The average Bonchev–Trinajstić information content (AvgIpc) is 3.10. The number of sulfonamides is 1. The summed E-state index contributed by atoms with van der Waals surface area (Å²) < 4.78 is 27.9. The third kappa shape index (κ3) is 3.53. The second kappa shape index (κ2) is 6.80. The monoisotopic (exact) mass is 359 g/mol. The van der Waals surface area contributed by atoms with Crippen molar-refractivity contribution < 1.29 is 8.42 Å². The van der Waals surface area contributed by atoms with Gasteiger partial charge in [-0.2, -0.15) is 11.3 Å². The molecule has 1 aromatic carbocycles. The topological polar surface area (TPSA) is 72.0 Å². The summed E-state index contributed by atoms with van der Waals surface area (Å²) in [4.78, 5) is 8.92. The Balaban J connectivity index is 1.87. The van der Waals surface area contributed by atoms with Crippen molar-refractivity contribution in [1.29, 1.82) is 0 Å². The van der Waals surface area contributed by atoms with Crippen LogP contribution in [0.1, 0.15) is 16.8 Å². The number of nitrogens with one attached hydrogen (secondary N) is 1. The first-order valence-corrected chi connectivity index (χ1v) is 9.79. The molecule has 124 valence electrons. The van der Waals surface area contributed by atoms with Crippen LogP contribution in [0.3, 0.4) is 0 Å². The first kappa shape index (κ1) is 16.8. The van der Waals surface area contributed by atoms with Gasteiger partial charge in [0.05, 0.1) is 22.8 Å². The summed E-state index contributed by atoms with van der Waals surface area (Å²) in [6.07, 6.45) is 3.17. The Hall–Kier alpha value is -2.09. The zero-order valence-corrected chi connectivity index (χ0v) is 15.0. The lowest BCUT2D eigenvalue weighted by molar-refractivity contribution is 0.579. The summed E-state index contributed by atoms with van der Waals surface area (Å²) in [6.45, 7) is 3.75. The van der Waals surface area contributed by atoms with Crippen LogP contribution in [0.25, 0.3) is 11.3 Å². The van der Waals surface area contributed by atoms with Gasteiger partial charge in [0.15, 0.2) is 0 Å². The van der Waals surface area contributed by atoms with Gasteiger partial charge in [-0.15, -0.1) is 0 Å². The Kier molecular flexibility index (Phi) is 4.75. The number of hydrogen-bond donors (Lipinski definition) is 1. The minimum absolute atomic E-state index is 0.0920. The maximum atomic E-state index is 12.6. The normalized spacial score (nSPS) is 11.6. The van der Waals surface area contributed by atoms with Crippen LogP contribution < -0.4 is 4.72 Å². The van der Waals surface area contributed by atoms with Gasteiger partial charge in [0.2, 0.25) is 10.0 Å². The molecule has 0 unspecified atom stereocenters. The molecule has 0 aliphatic heterocycles. The molecule has 0 radical (unpaired) electrons. The third-order valence-corrected chi connectivity index (χ3v) is 5.86. The molecule has 0 amide bonds. The maximum absolute atomic E-state index is 12.6. The highest BCUT2D eigenvalue weighted by Gasteiger charge is 2.18. The van der Waals surface area contributed by atoms with Crippen molar-refractivity contribution in [1.82, 2.24) is 14.7 Å². The highest BCUT2D eigenvalue weighted by molar-refractivity contribution is 7.89. The minimum atomic E-state index is -3.61. The zero-order chi connectivity index (χ0) is 17.2. The standard InChI is InChI=1S/C17H17N3O2S2/c1-12-3-4-13(2)16(9-12)24(21,22)20-10-15-17(19-7-6-18-15)14-5-8-23-11-14/h3-9,11,20H,10H2,1-2H3. The summed E-state index contributed by atoms with van der Waals surface area (Å²) >= 11 is 1.56. The van der Waals surface area contributed by atoms with Crippen molar-refractivity contribution in [2.45, 2.75) is 25.3 Å². The van der Waals surface area contributed by atoms with E-state index in [9.17, 15) is 8.42 Å². The van der Waals surface area contributed by atoms with Gasteiger partial charge in [-0.25, -0.2) is 13.1 Å².